The van der Waals surface area contributed by atoms with Crippen LogP contribution >= 0.6 is 0 Å². The summed E-state index contributed by atoms with van der Waals surface area (Å²) >= 11 is 0. The Bertz CT molecular complexity index is 254. The van der Waals surface area contributed by atoms with Crippen LogP contribution in [0.5, 0.6) is 0 Å². The van der Waals surface area contributed by atoms with Crippen molar-refractivity contribution in [1.29, 1.82) is 0 Å². The quantitative estimate of drug-likeness (QED) is 0.279. The van der Waals surface area contributed by atoms with Crippen LogP contribution in [-0.2, 0) is 9.59 Å². The van der Waals surface area contributed by atoms with Gasteiger partial charge >= 0.3 is 0 Å². The molecule has 8 N–H and O–H groups in total. The number of likely N-dealkylation sites (N-methyl/N-ethyl adjacent to an activating group) is 1. The lowest BCUT2D eigenvalue weighted by atomic mass is 10.2. The normalized spacial score (nSPS) is 16.1. The second-order valence-corrected chi connectivity index (χ2v) is 3.03. The van der Waals surface area contributed by atoms with Gasteiger partial charge in [0.2, 0.25) is 11.8 Å². The fourth-order valence-electron chi connectivity index (χ4n) is 0.876. The van der Waals surface area contributed by atoms with Gasteiger partial charge in [-0.3, -0.25) is 9.59 Å². The molecule has 0 rings (SSSR count). The summed E-state index contributed by atoms with van der Waals surface area (Å²) in [7, 11) is 0. The van der Waals surface area contributed by atoms with Gasteiger partial charge in [-0.15, -0.1) is 0 Å². The molecule has 0 aliphatic heterocycles. The first-order valence-corrected chi connectivity index (χ1v) is 4.69. The third kappa shape index (κ3) is 5.31. The van der Waals surface area contributed by atoms with E-state index < -0.39 is 23.9 Å². The molecule has 7 nitrogen and oxygen atoms in total. The van der Waals surface area contributed by atoms with Crippen LogP contribution in [0.2, 0.25) is 2.82 Å². The highest BCUT2D eigenvalue weighted by Gasteiger charge is 2.20. The number of nitrogens with one attached hydrogen (secondary N) is 2. The molecule has 0 aliphatic carbocycles. The van der Waals surface area contributed by atoms with Crippen LogP contribution in [0.3, 0.4) is 0 Å². The van der Waals surface area contributed by atoms with Gasteiger partial charge in [0, 0.05) is 13.1 Å². The predicted octanol–water partition coefficient (Wildman–Crippen LogP) is -3.15. The first-order valence-electron chi connectivity index (χ1n) is 5.69. The topological polar surface area (TPSA) is 136 Å². The Balaban J connectivity index is 4.32. The second kappa shape index (κ2) is 7.16. The molecule has 0 radical (unpaired) electrons. The van der Waals surface area contributed by atoms with Crippen LogP contribution in [0.25, 0.3) is 0 Å². The van der Waals surface area contributed by atoms with Crippen molar-refractivity contribution in [2.45, 2.75) is 19.0 Å². The van der Waals surface area contributed by atoms with Crippen LogP contribution in [0.4, 0.5) is 0 Å². The van der Waals surface area contributed by atoms with Gasteiger partial charge in [-0.25, -0.2) is 0 Å². The molecule has 2 amide bonds. The minimum atomic E-state index is -0.907. The minimum Gasteiger partial charge on any atom is -0.368 e. The van der Waals surface area contributed by atoms with Crippen molar-refractivity contribution in [3.63, 3.8) is 0 Å². The molecule has 0 bridgehead atoms. The Labute approximate surface area is 91.7 Å². The van der Waals surface area contributed by atoms with Gasteiger partial charge in [-0.2, -0.15) is 0 Å². The van der Waals surface area contributed by atoms with Crippen molar-refractivity contribution in [3.8, 4) is 0 Å². The van der Waals surface area contributed by atoms with Gasteiger partial charge in [-0.1, -0.05) is 6.92 Å². The van der Waals surface area contributed by atoms with E-state index in [2.05, 4.69) is 10.6 Å². The van der Waals surface area contributed by atoms with E-state index in [-0.39, 0.29) is 13.1 Å². The molecule has 0 heterocycles. The maximum absolute atomic E-state index is 11.6. The Hall–Kier alpha value is -1.18. The van der Waals surface area contributed by atoms with Crippen molar-refractivity contribution in [2.75, 3.05) is 19.6 Å². The van der Waals surface area contributed by atoms with Gasteiger partial charge in [0.1, 0.15) is 8.87 Å². The van der Waals surface area contributed by atoms with Gasteiger partial charge < -0.3 is 27.8 Å². The minimum absolute atomic E-state index is 0.0397. The fraction of sp³-hybridized carbons (Fsp3) is 0.750. The summed E-state index contributed by atoms with van der Waals surface area (Å²) in [5.41, 5.74) is 9.13. The zero-order valence-electron chi connectivity index (χ0n) is 10.7. The first-order chi connectivity index (χ1) is 8.06. The van der Waals surface area contributed by atoms with E-state index in [1.54, 1.807) is 0 Å². The van der Waals surface area contributed by atoms with Crippen molar-refractivity contribution in [1.82, 2.24) is 10.6 Å². The van der Waals surface area contributed by atoms with Crippen molar-refractivity contribution < 1.29 is 12.4 Å². The lowest BCUT2D eigenvalue weighted by Crippen LogP contribution is -2.55. The molecule has 7 heteroatoms. The molecule has 0 aromatic heterocycles. The molecular weight excluding hydrogens is 198 g/mol. The van der Waals surface area contributed by atoms with Gasteiger partial charge in [0.05, 0.1) is 6.04 Å². The second-order valence-electron chi connectivity index (χ2n) is 3.03. The largest absolute Gasteiger partial charge is 0.368 e. The highest BCUT2D eigenvalue weighted by atomic mass is 16.2. The van der Waals surface area contributed by atoms with Crippen molar-refractivity contribution in [2.24, 2.45) is 17.2 Å². The summed E-state index contributed by atoms with van der Waals surface area (Å²) in [6.45, 7) is 2.70. The smallest absolute Gasteiger partial charge is 0.241 e. The third-order valence-electron chi connectivity index (χ3n) is 1.78. The Morgan fingerprint density at radius 2 is 2.27 bits per heavy atom. The zero-order valence-corrected chi connectivity index (χ0v) is 8.67. The van der Waals surface area contributed by atoms with E-state index in [9.17, 15) is 9.59 Å². The average molecular weight is 219 g/mol. The van der Waals surface area contributed by atoms with Crippen molar-refractivity contribution >= 4 is 11.8 Å². The summed E-state index contributed by atoms with van der Waals surface area (Å²) in [6.07, 6.45) is 0. The van der Waals surface area contributed by atoms with Crippen LogP contribution in [0.1, 0.15) is 6.92 Å². The lowest BCUT2D eigenvalue weighted by Gasteiger charge is -2.17. The summed E-state index contributed by atoms with van der Waals surface area (Å²) in [5, 5.41) is 5.29. The van der Waals surface area contributed by atoms with E-state index in [0.717, 1.165) is 0 Å². The highest BCUT2D eigenvalue weighted by Crippen LogP contribution is 1.83. The Kier molecular flexibility index (Phi) is 4.93. The number of carbonyl (C=O) groups is 2. The molecule has 0 fully saturated rings. The standard InChI is InChI=1S/C8H19N5O2/c1-2-12-4-6(7(11)14)13-8(15)5(10)3-9/h5-6,12H,2-4,9-10H2,1H3,(H2,11,14)(H,13,15)/t5?,6-/m1/s1/i/hD2. The maximum atomic E-state index is 11.6. The number of carbonyl (C=O) groups excluding carboxylic acids is 2. The number of hydrogen-bond acceptors (Lipinski definition) is 5. The van der Waals surface area contributed by atoms with E-state index in [1.807, 2.05) is 18.4 Å². The SMILES string of the molecule is [2H]NCC(N[2H])C(=O)N[C@H](CNCC)C(N)=O. The number of rotatable bonds is 9. The molecule has 0 aromatic rings. The molecule has 15 heavy (non-hydrogen) atoms. The van der Waals surface area contributed by atoms with E-state index in [4.69, 9.17) is 8.56 Å². The lowest BCUT2D eigenvalue weighted by molar-refractivity contribution is -0.127. The maximum Gasteiger partial charge on any atom is 0.241 e. The summed E-state index contributed by atoms with van der Waals surface area (Å²) < 4.78 is 13.7. The molecular formula is C8H19N5O2. The highest BCUT2D eigenvalue weighted by molar-refractivity contribution is 5.89. The number of hydrogen-bond donors (Lipinski definition) is 5. The first kappa shape index (κ1) is 10.3. The van der Waals surface area contributed by atoms with Gasteiger partial charge in [0.25, 0.3) is 0 Å². The molecule has 2 atom stereocenters. The molecule has 0 aliphatic rings. The summed E-state index contributed by atoms with van der Waals surface area (Å²) in [5.74, 6) is -1.21. The van der Waals surface area contributed by atoms with E-state index in [0.29, 0.717) is 6.54 Å². The van der Waals surface area contributed by atoms with Crippen molar-refractivity contribution in [3.05, 3.63) is 0 Å². The molecule has 88 valence electrons. The molecule has 1 unspecified atom stereocenters. The third-order valence-corrected chi connectivity index (χ3v) is 1.78. The monoisotopic (exact) mass is 219 g/mol. The summed E-state index contributed by atoms with van der Waals surface area (Å²) in [6, 6.07) is -1.74. The van der Waals surface area contributed by atoms with Gasteiger partial charge in [0.15, 0.2) is 0 Å². The number of nitrogens with two attached hydrogens (primary N) is 3. The fourth-order valence-corrected chi connectivity index (χ4v) is 0.876. The van der Waals surface area contributed by atoms with E-state index in [1.165, 1.54) is 0 Å². The van der Waals surface area contributed by atoms with Crippen LogP contribution < -0.4 is 27.8 Å². The number of primary amides is 1. The molecule has 0 spiro atoms. The average Bonchev–Trinajstić information content (AvgIpc) is 2.30. The van der Waals surface area contributed by atoms with Crippen LogP contribution in [0.15, 0.2) is 0 Å². The Morgan fingerprint density at radius 3 is 2.73 bits per heavy atom. The molecule has 0 saturated heterocycles. The Morgan fingerprint density at radius 1 is 1.53 bits per heavy atom. The number of amides is 2. The van der Waals surface area contributed by atoms with Crippen LogP contribution in [-0.4, -0.2) is 43.5 Å². The zero-order chi connectivity index (χ0) is 13.3. The predicted molar refractivity (Wildman–Crippen MR) is 56.7 cm³/mol. The molecule has 0 saturated carbocycles. The van der Waals surface area contributed by atoms with Crippen LogP contribution in [0, 0.1) is 0 Å². The summed E-state index contributed by atoms with van der Waals surface area (Å²) in [4.78, 5) is 22.6. The van der Waals surface area contributed by atoms with E-state index >= 15 is 0 Å². The van der Waals surface area contributed by atoms with Gasteiger partial charge in [-0.05, 0) is 6.54 Å². The molecule has 0 aromatic carbocycles.